The van der Waals surface area contributed by atoms with E-state index in [-0.39, 0.29) is 11.4 Å². The molecule has 4 heteroatoms. The van der Waals surface area contributed by atoms with Crippen LogP contribution in [-0.2, 0) is 0 Å². The third-order valence-electron chi connectivity index (χ3n) is 3.66. The number of aromatic carboxylic acids is 1. The normalized spacial score (nSPS) is 16.0. The third-order valence-corrected chi connectivity index (χ3v) is 3.66. The smallest absolute Gasteiger partial charge is 0.372 e. The molecule has 0 spiro atoms. The van der Waals surface area contributed by atoms with Gasteiger partial charge in [-0.25, -0.2) is 4.79 Å². The standard InChI is InChI=1S/C16H16O4/c1-8-11-7-10-5-6-16(3,4)20-12(10)9(2)13(11)19-14(8)15(17)18/h5-7H,1-4H3,(H,17,18). The van der Waals surface area contributed by atoms with E-state index in [1.165, 1.54) is 0 Å². The van der Waals surface area contributed by atoms with Gasteiger partial charge in [-0.3, -0.25) is 0 Å². The van der Waals surface area contributed by atoms with Gasteiger partial charge in [0.05, 0.1) is 0 Å². The van der Waals surface area contributed by atoms with Crippen LogP contribution < -0.4 is 4.74 Å². The molecule has 3 rings (SSSR count). The molecule has 0 radical (unpaired) electrons. The average molecular weight is 272 g/mol. The van der Waals surface area contributed by atoms with Crippen molar-refractivity contribution in [2.45, 2.75) is 33.3 Å². The van der Waals surface area contributed by atoms with Crippen molar-refractivity contribution in [3.05, 3.63) is 34.6 Å². The van der Waals surface area contributed by atoms with Gasteiger partial charge in [0, 0.05) is 22.1 Å². The van der Waals surface area contributed by atoms with Crippen LogP contribution in [0.5, 0.6) is 5.75 Å². The summed E-state index contributed by atoms with van der Waals surface area (Å²) in [5, 5.41) is 9.99. The molecule has 1 N–H and O–H groups in total. The molecule has 0 saturated carbocycles. The van der Waals surface area contributed by atoms with Crippen molar-refractivity contribution >= 4 is 23.0 Å². The van der Waals surface area contributed by atoms with Crippen LogP contribution in [0.25, 0.3) is 17.0 Å². The maximum Gasteiger partial charge on any atom is 0.372 e. The Labute approximate surface area is 116 Å². The van der Waals surface area contributed by atoms with Gasteiger partial charge in [0.15, 0.2) is 0 Å². The fourth-order valence-electron chi connectivity index (χ4n) is 2.57. The van der Waals surface area contributed by atoms with Gasteiger partial charge in [-0.15, -0.1) is 0 Å². The van der Waals surface area contributed by atoms with Gasteiger partial charge in [-0.1, -0.05) is 6.08 Å². The lowest BCUT2D eigenvalue weighted by Crippen LogP contribution is -2.27. The van der Waals surface area contributed by atoms with Crippen LogP contribution in [0.1, 0.15) is 41.1 Å². The molecule has 0 saturated heterocycles. The molecule has 1 aromatic heterocycles. The first-order chi connectivity index (χ1) is 9.30. The van der Waals surface area contributed by atoms with Crippen LogP contribution in [0.4, 0.5) is 0 Å². The van der Waals surface area contributed by atoms with Gasteiger partial charge >= 0.3 is 5.97 Å². The van der Waals surface area contributed by atoms with Crippen LogP contribution in [0.2, 0.25) is 0 Å². The third kappa shape index (κ3) is 1.72. The Balaban J connectivity index is 2.33. The Bertz CT molecular complexity index is 763. The zero-order valence-corrected chi connectivity index (χ0v) is 11.9. The number of ether oxygens (including phenoxy) is 1. The zero-order chi connectivity index (χ0) is 14.7. The summed E-state index contributed by atoms with van der Waals surface area (Å²) in [6.45, 7) is 7.61. The molecule has 104 valence electrons. The van der Waals surface area contributed by atoms with Crippen LogP contribution >= 0.6 is 0 Å². The second kappa shape index (κ2) is 3.88. The highest BCUT2D eigenvalue weighted by molar-refractivity contribution is 5.98. The fourth-order valence-corrected chi connectivity index (χ4v) is 2.57. The van der Waals surface area contributed by atoms with E-state index in [2.05, 4.69) is 0 Å². The number of carboxylic acid groups (broad SMARTS) is 1. The molecule has 1 aromatic carbocycles. The molecule has 0 unspecified atom stereocenters. The number of fused-ring (bicyclic) bond motifs is 2. The lowest BCUT2D eigenvalue weighted by molar-refractivity contribution is 0.0663. The van der Waals surface area contributed by atoms with Crippen molar-refractivity contribution < 1.29 is 19.1 Å². The molecule has 0 atom stereocenters. The number of aryl methyl sites for hydroxylation is 2. The fraction of sp³-hybridized carbons (Fsp3) is 0.312. The van der Waals surface area contributed by atoms with Gasteiger partial charge in [0.25, 0.3) is 0 Å². The molecular formula is C16H16O4. The van der Waals surface area contributed by atoms with Crippen molar-refractivity contribution in [3.63, 3.8) is 0 Å². The van der Waals surface area contributed by atoms with Crippen molar-refractivity contribution in [1.82, 2.24) is 0 Å². The van der Waals surface area contributed by atoms with Crippen LogP contribution in [0.15, 0.2) is 16.6 Å². The van der Waals surface area contributed by atoms with E-state index in [0.29, 0.717) is 11.1 Å². The van der Waals surface area contributed by atoms with Crippen molar-refractivity contribution in [2.24, 2.45) is 0 Å². The summed E-state index contributed by atoms with van der Waals surface area (Å²) in [5.41, 5.74) is 2.66. The quantitative estimate of drug-likeness (QED) is 0.854. The molecule has 0 fully saturated rings. The van der Waals surface area contributed by atoms with E-state index < -0.39 is 5.97 Å². The Morgan fingerprint density at radius 3 is 2.60 bits per heavy atom. The Hall–Kier alpha value is -2.23. The lowest BCUT2D eigenvalue weighted by Gasteiger charge is -2.29. The molecule has 2 aromatic rings. The molecule has 1 aliphatic rings. The Morgan fingerprint density at radius 1 is 1.25 bits per heavy atom. The number of hydrogen-bond acceptors (Lipinski definition) is 3. The van der Waals surface area contributed by atoms with Crippen molar-refractivity contribution in [3.8, 4) is 5.75 Å². The summed E-state index contributed by atoms with van der Waals surface area (Å²) < 4.78 is 11.5. The maximum atomic E-state index is 11.2. The highest BCUT2D eigenvalue weighted by Gasteiger charge is 2.27. The molecule has 0 amide bonds. The monoisotopic (exact) mass is 272 g/mol. The summed E-state index contributed by atoms with van der Waals surface area (Å²) in [6, 6.07) is 1.93. The van der Waals surface area contributed by atoms with Crippen LogP contribution in [-0.4, -0.2) is 16.7 Å². The van der Waals surface area contributed by atoms with Gasteiger partial charge in [-0.05, 0) is 39.8 Å². The number of carbonyl (C=O) groups is 1. The topological polar surface area (TPSA) is 59.7 Å². The number of furan rings is 1. The van der Waals surface area contributed by atoms with E-state index >= 15 is 0 Å². The van der Waals surface area contributed by atoms with Crippen molar-refractivity contribution in [1.29, 1.82) is 0 Å². The lowest BCUT2D eigenvalue weighted by atomic mass is 9.97. The Kier molecular flexibility index (Phi) is 2.48. The molecule has 0 bridgehead atoms. The van der Waals surface area contributed by atoms with E-state index in [0.717, 1.165) is 22.3 Å². The molecule has 2 heterocycles. The summed E-state index contributed by atoms with van der Waals surface area (Å²) in [4.78, 5) is 11.2. The van der Waals surface area contributed by atoms with E-state index in [1.54, 1.807) is 6.92 Å². The molecule has 4 nitrogen and oxygen atoms in total. The highest BCUT2D eigenvalue weighted by Crippen LogP contribution is 2.40. The van der Waals surface area contributed by atoms with Crippen molar-refractivity contribution in [2.75, 3.05) is 0 Å². The minimum atomic E-state index is -1.05. The summed E-state index contributed by atoms with van der Waals surface area (Å²) in [5.74, 6) is -0.294. The van der Waals surface area contributed by atoms with E-state index in [1.807, 2.05) is 39.0 Å². The Morgan fingerprint density at radius 2 is 1.95 bits per heavy atom. The highest BCUT2D eigenvalue weighted by atomic mass is 16.5. The molecule has 0 aliphatic carbocycles. The van der Waals surface area contributed by atoms with Gasteiger partial charge in [0.2, 0.25) is 5.76 Å². The van der Waals surface area contributed by atoms with Gasteiger partial charge in [-0.2, -0.15) is 0 Å². The molecular weight excluding hydrogens is 256 g/mol. The predicted molar refractivity (Wildman–Crippen MR) is 76.4 cm³/mol. The minimum Gasteiger partial charge on any atom is -0.483 e. The second-order valence-corrected chi connectivity index (χ2v) is 5.70. The number of rotatable bonds is 1. The first-order valence-corrected chi connectivity index (χ1v) is 6.48. The molecule has 1 aliphatic heterocycles. The predicted octanol–water partition coefficient (Wildman–Crippen LogP) is 3.93. The SMILES string of the molecule is Cc1c(C(=O)O)oc2c(C)c3c(cc12)C=CC(C)(C)O3. The van der Waals surface area contributed by atoms with Gasteiger partial charge < -0.3 is 14.3 Å². The summed E-state index contributed by atoms with van der Waals surface area (Å²) in [7, 11) is 0. The first kappa shape index (κ1) is 12.8. The van der Waals surface area contributed by atoms with E-state index in [9.17, 15) is 4.79 Å². The molecule has 20 heavy (non-hydrogen) atoms. The van der Waals surface area contributed by atoms with Crippen LogP contribution in [0.3, 0.4) is 0 Å². The summed E-state index contributed by atoms with van der Waals surface area (Å²) >= 11 is 0. The zero-order valence-electron chi connectivity index (χ0n) is 11.9. The second-order valence-electron chi connectivity index (χ2n) is 5.70. The summed E-state index contributed by atoms with van der Waals surface area (Å²) in [6.07, 6.45) is 4.01. The van der Waals surface area contributed by atoms with Gasteiger partial charge in [0.1, 0.15) is 16.9 Å². The van der Waals surface area contributed by atoms with Crippen LogP contribution in [0, 0.1) is 13.8 Å². The number of benzene rings is 1. The number of hydrogen-bond donors (Lipinski definition) is 1. The largest absolute Gasteiger partial charge is 0.483 e. The maximum absolute atomic E-state index is 11.2. The average Bonchev–Trinajstić information content (AvgIpc) is 2.68. The number of carboxylic acids is 1. The first-order valence-electron chi connectivity index (χ1n) is 6.48. The van der Waals surface area contributed by atoms with E-state index in [4.69, 9.17) is 14.3 Å². The minimum absolute atomic E-state index is 0.00585.